The van der Waals surface area contributed by atoms with Gasteiger partial charge in [0.25, 0.3) is 0 Å². The summed E-state index contributed by atoms with van der Waals surface area (Å²) in [6.45, 7) is 1.26. The molecule has 94 valence electrons. The highest BCUT2D eigenvalue weighted by atomic mass is 16.7. The van der Waals surface area contributed by atoms with Gasteiger partial charge in [0.15, 0.2) is 5.79 Å². The van der Waals surface area contributed by atoms with E-state index in [0.29, 0.717) is 43.5 Å². The first-order valence-electron chi connectivity index (χ1n) is 6.75. The Morgan fingerprint density at radius 1 is 1.12 bits per heavy atom. The van der Waals surface area contributed by atoms with Gasteiger partial charge in [-0.25, -0.2) is 0 Å². The van der Waals surface area contributed by atoms with Crippen LogP contribution in [0.5, 0.6) is 0 Å². The lowest BCUT2D eigenvalue weighted by Crippen LogP contribution is -2.46. The van der Waals surface area contributed by atoms with Gasteiger partial charge in [-0.1, -0.05) is 0 Å². The molecule has 4 fully saturated rings. The molecule has 0 N–H and O–H groups in total. The van der Waals surface area contributed by atoms with Crippen molar-refractivity contribution < 1.29 is 19.0 Å². The lowest BCUT2D eigenvalue weighted by atomic mass is 9.79. The van der Waals surface area contributed by atoms with Crippen LogP contribution in [0.2, 0.25) is 0 Å². The Morgan fingerprint density at radius 3 is 2.76 bits per heavy atom. The highest BCUT2D eigenvalue weighted by Crippen LogP contribution is 2.50. The molecular weight excluding hydrogens is 220 g/mol. The third-order valence-corrected chi connectivity index (χ3v) is 4.83. The Morgan fingerprint density at radius 2 is 1.94 bits per heavy atom. The van der Waals surface area contributed by atoms with Gasteiger partial charge in [-0.2, -0.15) is 0 Å². The van der Waals surface area contributed by atoms with Gasteiger partial charge in [0.05, 0.1) is 31.3 Å². The number of ether oxygens (including phenoxy) is 3. The van der Waals surface area contributed by atoms with Crippen LogP contribution >= 0.6 is 0 Å². The zero-order valence-corrected chi connectivity index (χ0v) is 9.89. The van der Waals surface area contributed by atoms with E-state index in [0.717, 1.165) is 25.7 Å². The van der Waals surface area contributed by atoms with Gasteiger partial charge in [-0.15, -0.1) is 0 Å². The maximum Gasteiger partial charge on any atom is 0.178 e. The number of carbonyl (C=O) groups is 1. The number of carbonyl (C=O) groups excluding carboxylic acids is 1. The van der Waals surface area contributed by atoms with Crippen LogP contribution in [0.4, 0.5) is 0 Å². The Hall–Kier alpha value is -0.450. The van der Waals surface area contributed by atoms with E-state index in [1.54, 1.807) is 0 Å². The van der Waals surface area contributed by atoms with Gasteiger partial charge in [-0.05, 0) is 25.2 Å². The van der Waals surface area contributed by atoms with Crippen molar-refractivity contribution in [1.29, 1.82) is 0 Å². The first-order valence-corrected chi connectivity index (χ1v) is 6.75. The SMILES string of the molecule is O=C1CC[C@H]2C[C@@H]3O[C@@H]3CCC3(OCCO3)[C@H]12. The summed E-state index contributed by atoms with van der Waals surface area (Å²) < 4.78 is 17.4. The number of epoxide rings is 1. The van der Waals surface area contributed by atoms with E-state index in [9.17, 15) is 4.79 Å². The molecule has 4 rings (SSSR count). The minimum Gasteiger partial charge on any atom is -0.370 e. The minimum atomic E-state index is -0.602. The lowest BCUT2D eigenvalue weighted by Gasteiger charge is -2.36. The Labute approximate surface area is 101 Å². The number of ketones is 1. The molecule has 4 heteroatoms. The summed E-state index contributed by atoms with van der Waals surface area (Å²) in [6.07, 6.45) is 5.31. The molecule has 0 aromatic carbocycles. The molecule has 17 heavy (non-hydrogen) atoms. The fourth-order valence-corrected chi connectivity index (χ4v) is 4.00. The maximum atomic E-state index is 12.2. The van der Waals surface area contributed by atoms with E-state index >= 15 is 0 Å². The summed E-state index contributed by atoms with van der Waals surface area (Å²) in [5.41, 5.74) is 0. The molecule has 2 aliphatic carbocycles. The summed E-state index contributed by atoms with van der Waals surface area (Å²) in [6, 6.07) is 0. The average molecular weight is 238 g/mol. The molecule has 0 radical (unpaired) electrons. The smallest absolute Gasteiger partial charge is 0.178 e. The van der Waals surface area contributed by atoms with Crippen LogP contribution in [-0.2, 0) is 19.0 Å². The lowest BCUT2D eigenvalue weighted by molar-refractivity contribution is -0.208. The second-order valence-corrected chi connectivity index (χ2v) is 5.74. The summed E-state index contributed by atoms with van der Waals surface area (Å²) in [5.74, 6) is 0.122. The van der Waals surface area contributed by atoms with Crippen molar-refractivity contribution in [3.8, 4) is 0 Å². The van der Waals surface area contributed by atoms with Crippen molar-refractivity contribution in [2.45, 2.75) is 50.1 Å². The molecule has 2 aliphatic heterocycles. The van der Waals surface area contributed by atoms with Crippen LogP contribution in [0.15, 0.2) is 0 Å². The molecule has 4 nitrogen and oxygen atoms in total. The zero-order chi connectivity index (χ0) is 11.5. The number of hydrogen-bond donors (Lipinski definition) is 0. The van der Waals surface area contributed by atoms with Crippen LogP contribution < -0.4 is 0 Å². The Bertz CT molecular complexity index is 347. The van der Waals surface area contributed by atoms with Crippen molar-refractivity contribution in [2.75, 3.05) is 13.2 Å². The fraction of sp³-hybridized carbons (Fsp3) is 0.923. The Kier molecular flexibility index (Phi) is 2.17. The monoisotopic (exact) mass is 238 g/mol. The molecule has 0 unspecified atom stereocenters. The van der Waals surface area contributed by atoms with Gasteiger partial charge < -0.3 is 14.2 Å². The largest absolute Gasteiger partial charge is 0.370 e. The number of Topliss-reactive ketones (excluding diaryl/α,β-unsaturated/α-hetero) is 1. The molecule has 0 amide bonds. The van der Waals surface area contributed by atoms with Gasteiger partial charge >= 0.3 is 0 Å². The van der Waals surface area contributed by atoms with Crippen LogP contribution in [0.3, 0.4) is 0 Å². The molecule has 0 bridgehead atoms. The van der Waals surface area contributed by atoms with E-state index in [2.05, 4.69) is 0 Å². The normalized spacial score (nSPS) is 47.4. The second kappa shape index (κ2) is 3.53. The van der Waals surface area contributed by atoms with E-state index in [-0.39, 0.29) is 5.92 Å². The van der Waals surface area contributed by atoms with E-state index in [1.165, 1.54) is 0 Å². The summed E-state index contributed by atoms with van der Waals surface area (Å²) >= 11 is 0. The summed E-state index contributed by atoms with van der Waals surface area (Å²) in [4.78, 5) is 12.2. The quantitative estimate of drug-likeness (QED) is 0.596. The maximum absolute atomic E-state index is 12.2. The number of rotatable bonds is 0. The van der Waals surface area contributed by atoms with Crippen molar-refractivity contribution in [3.63, 3.8) is 0 Å². The van der Waals surface area contributed by atoms with Crippen LogP contribution in [0, 0.1) is 11.8 Å². The van der Waals surface area contributed by atoms with Crippen molar-refractivity contribution in [3.05, 3.63) is 0 Å². The number of fused-ring (bicyclic) bond motifs is 3. The molecule has 1 spiro atoms. The zero-order valence-electron chi connectivity index (χ0n) is 9.89. The average Bonchev–Trinajstić information content (AvgIpc) is 2.73. The predicted molar refractivity (Wildman–Crippen MR) is 58.4 cm³/mol. The van der Waals surface area contributed by atoms with Crippen molar-refractivity contribution in [2.24, 2.45) is 11.8 Å². The molecule has 4 atom stereocenters. The molecule has 0 aromatic rings. The first-order chi connectivity index (χ1) is 8.28. The van der Waals surface area contributed by atoms with Gasteiger partial charge in [0, 0.05) is 12.8 Å². The van der Waals surface area contributed by atoms with Crippen LogP contribution in [0.1, 0.15) is 32.1 Å². The van der Waals surface area contributed by atoms with Crippen molar-refractivity contribution in [1.82, 2.24) is 0 Å². The highest BCUT2D eigenvalue weighted by Gasteiger charge is 2.58. The fourth-order valence-electron chi connectivity index (χ4n) is 4.00. The van der Waals surface area contributed by atoms with E-state index < -0.39 is 5.79 Å². The summed E-state index contributed by atoms with van der Waals surface area (Å²) in [5, 5.41) is 0. The Balaban J connectivity index is 1.68. The minimum absolute atomic E-state index is 0.0323. The van der Waals surface area contributed by atoms with E-state index in [1.807, 2.05) is 0 Å². The van der Waals surface area contributed by atoms with Crippen LogP contribution in [-0.4, -0.2) is 37.0 Å². The summed E-state index contributed by atoms with van der Waals surface area (Å²) in [7, 11) is 0. The van der Waals surface area contributed by atoms with Gasteiger partial charge in [0.1, 0.15) is 5.78 Å². The van der Waals surface area contributed by atoms with Crippen molar-refractivity contribution >= 4 is 5.78 Å². The van der Waals surface area contributed by atoms with Gasteiger partial charge in [-0.3, -0.25) is 4.79 Å². The molecule has 2 saturated carbocycles. The third kappa shape index (κ3) is 1.51. The first kappa shape index (κ1) is 10.5. The van der Waals surface area contributed by atoms with Crippen LogP contribution in [0.25, 0.3) is 0 Å². The molecule has 0 aromatic heterocycles. The second-order valence-electron chi connectivity index (χ2n) is 5.74. The van der Waals surface area contributed by atoms with Gasteiger partial charge in [0.2, 0.25) is 0 Å². The molecule has 2 heterocycles. The number of hydrogen-bond acceptors (Lipinski definition) is 4. The van der Waals surface area contributed by atoms with E-state index in [4.69, 9.17) is 14.2 Å². The molecule has 2 saturated heterocycles. The highest BCUT2D eigenvalue weighted by molar-refractivity contribution is 5.84. The molecular formula is C13H18O4. The predicted octanol–water partition coefficient (Wildman–Crippen LogP) is 1.28. The third-order valence-electron chi connectivity index (χ3n) is 4.83. The topological polar surface area (TPSA) is 48.1 Å². The standard InChI is InChI=1S/C13H18O4/c14-9-2-1-8-7-11-10(17-11)3-4-13(12(8)9)15-5-6-16-13/h8,10-12H,1-7H2/t8-,10+,11-,12-/m0/s1. The molecule has 4 aliphatic rings.